The van der Waals surface area contributed by atoms with Gasteiger partial charge in [0.15, 0.2) is 6.61 Å². The molecule has 2 aromatic carbocycles. The first-order valence-electron chi connectivity index (χ1n) is 7.00. The predicted octanol–water partition coefficient (Wildman–Crippen LogP) is 3.11. The molecule has 2 N–H and O–H groups in total. The minimum absolute atomic E-state index is 0.164. The number of hydrogen-bond acceptors (Lipinski definition) is 3. The average molecular weight is 316 g/mol. The van der Waals surface area contributed by atoms with E-state index in [1.165, 1.54) is 13.0 Å². The number of nitrogens with one attached hydrogen (secondary N) is 2. The van der Waals surface area contributed by atoms with Crippen molar-refractivity contribution in [1.29, 1.82) is 0 Å². The van der Waals surface area contributed by atoms with Crippen molar-refractivity contribution in [2.75, 3.05) is 17.2 Å². The van der Waals surface area contributed by atoms with Gasteiger partial charge < -0.3 is 15.4 Å². The van der Waals surface area contributed by atoms with Crippen molar-refractivity contribution >= 4 is 23.2 Å². The van der Waals surface area contributed by atoms with Gasteiger partial charge in [0.1, 0.15) is 11.6 Å². The maximum Gasteiger partial charge on any atom is 0.262 e. The molecule has 0 unspecified atom stereocenters. The fraction of sp³-hybridized carbons (Fsp3) is 0.176. The molecule has 2 amide bonds. The molecular weight excluding hydrogens is 299 g/mol. The first-order valence-corrected chi connectivity index (χ1v) is 7.00. The number of carbonyl (C=O) groups excluding carboxylic acids is 2. The molecule has 0 aromatic heterocycles. The third-order valence-corrected chi connectivity index (χ3v) is 3.00. The molecule has 0 aliphatic carbocycles. The second-order valence-electron chi connectivity index (χ2n) is 5.01. The number of carbonyl (C=O) groups is 2. The molecule has 2 aromatic rings. The van der Waals surface area contributed by atoms with Crippen LogP contribution in [0.5, 0.6) is 5.75 Å². The number of hydrogen-bond donors (Lipinski definition) is 2. The monoisotopic (exact) mass is 316 g/mol. The quantitative estimate of drug-likeness (QED) is 0.890. The molecule has 0 aliphatic heterocycles. The number of aryl methyl sites for hydroxylation is 1. The van der Waals surface area contributed by atoms with Crippen LogP contribution in [0.25, 0.3) is 0 Å². The summed E-state index contributed by atoms with van der Waals surface area (Å²) < 4.78 is 18.7. The summed E-state index contributed by atoms with van der Waals surface area (Å²) in [6.07, 6.45) is 0. The van der Waals surface area contributed by atoms with Gasteiger partial charge in [0.25, 0.3) is 5.91 Å². The summed E-state index contributed by atoms with van der Waals surface area (Å²) in [5, 5.41) is 5.19. The van der Waals surface area contributed by atoms with E-state index in [4.69, 9.17) is 4.74 Å². The molecule has 0 saturated carbocycles. The Kier molecular flexibility index (Phi) is 5.30. The lowest BCUT2D eigenvalue weighted by Crippen LogP contribution is -2.20. The van der Waals surface area contributed by atoms with Crippen LogP contribution in [0.3, 0.4) is 0 Å². The van der Waals surface area contributed by atoms with Crippen LogP contribution in [-0.2, 0) is 9.59 Å². The van der Waals surface area contributed by atoms with Gasteiger partial charge >= 0.3 is 0 Å². The van der Waals surface area contributed by atoms with Crippen LogP contribution in [-0.4, -0.2) is 18.4 Å². The predicted molar refractivity (Wildman–Crippen MR) is 86.0 cm³/mol. The van der Waals surface area contributed by atoms with Crippen LogP contribution < -0.4 is 15.4 Å². The van der Waals surface area contributed by atoms with Gasteiger partial charge in [-0.3, -0.25) is 9.59 Å². The third kappa shape index (κ3) is 5.10. The van der Waals surface area contributed by atoms with E-state index >= 15 is 0 Å². The minimum atomic E-state index is -0.390. The SMILES string of the molecule is CC(=O)Nc1ccc(OCC(=O)Nc2ccc(C)c(F)c2)cc1. The molecule has 0 bridgehead atoms. The molecule has 0 radical (unpaired) electrons. The number of rotatable bonds is 5. The van der Waals surface area contributed by atoms with Gasteiger partial charge in [-0.05, 0) is 48.9 Å². The molecule has 0 heterocycles. The zero-order valence-electron chi connectivity index (χ0n) is 12.9. The third-order valence-electron chi connectivity index (χ3n) is 3.00. The van der Waals surface area contributed by atoms with Gasteiger partial charge in [0, 0.05) is 18.3 Å². The van der Waals surface area contributed by atoms with Crippen molar-refractivity contribution in [2.45, 2.75) is 13.8 Å². The van der Waals surface area contributed by atoms with Gasteiger partial charge in [0.05, 0.1) is 0 Å². The van der Waals surface area contributed by atoms with E-state index < -0.39 is 0 Å². The van der Waals surface area contributed by atoms with Gasteiger partial charge in [-0.1, -0.05) is 6.07 Å². The molecule has 0 spiro atoms. The van der Waals surface area contributed by atoms with E-state index in [0.29, 0.717) is 22.7 Å². The zero-order valence-corrected chi connectivity index (χ0v) is 12.9. The highest BCUT2D eigenvalue weighted by atomic mass is 19.1. The Morgan fingerprint density at radius 1 is 1.04 bits per heavy atom. The zero-order chi connectivity index (χ0) is 16.8. The Bertz CT molecular complexity index is 714. The standard InChI is InChI=1S/C17H17FN2O3/c1-11-3-4-14(9-16(11)18)20-17(22)10-23-15-7-5-13(6-8-15)19-12(2)21/h3-9H,10H2,1-2H3,(H,19,21)(H,20,22). The Hall–Kier alpha value is -2.89. The first-order chi connectivity index (χ1) is 10.9. The fourth-order valence-corrected chi connectivity index (χ4v) is 1.85. The normalized spacial score (nSPS) is 10.0. The average Bonchev–Trinajstić information content (AvgIpc) is 2.50. The molecule has 0 aliphatic rings. The van der Waals surface area contributed by atoms with Crippen molar-refractivity contribution < 1.29 is 18.7 Å². The highest BCUT2D eigenvalue weighted by Crippen LogP contribution is 2.16. The van der Waals surface area contributed by atoms with Gasteiger partial charge in [-0.25, -0.2) is 4.39 Å². The fourth-order valence-electron chi connectivity index (χ4n) is 1.85. The number of anilines is 2. The maximum atomic E-state index is 13.4. The molecule has 23 heavy (non-hydrogen) atoms. The topological polar surface area (TPSA) is 67.4 Å². The van der Waals surface area contributed by atoms with Crippen LogP contribution in [0.1, 0.15) is 12.5 Å². The van der Waals surface area contributed by atoms with E-state index in [2.05, 4.69) is 10.6 Å². The van der Waals surface area contributed by atoms with E-state index in [9.17, 15) is 14.0 Å². The summed E-state index contributed by atoms with van der Waals surface area (Å²) in [4.78, 5) is 22.7. The summed E-state index contributed by atoms with van der Waals surface area (Å²) in [6, 6.07) is 11.1. The van der Waals surface area contributed by atoms with Crippen molar-refractivity contribution in [3.63, 3.8) is 0 Å². The van der Waals surface area contributed by atoms with Gasteiger partial charge in [0.2, 0.25) is 5.91 Å². The van der Waals surface area contributed by atoms with Crippen LogP contribution in [0, 0.1) is 12.7 Å². The number of benzene rings is 2. The molecule has 0 saturated heterocycles. The Balaban J connectivity index is 1.86. The number of amides is 2. The lowest BCUT2D eigenvalue weighted by Gasteiger charge is -2.09. The first kappa shape index (κ1) is 16.5. The van der Waals surface area contributed by atoms with E-state index in [0.717, 1.165) is 0 Å². The molecule has 0 fully saturated rings. The highest BCUT2D eigenvalue weighted by Gasteiger charge is 2.06. The van der Waals surface area contributed by atoms with Crippen molar-refractivity contribution in [3.8, 4) is 5.75 Å². The van der Waals surface area contributed by atoms with E-state index in [-0.39, 0.29) is 24.2 Å². The number of ether oxygens (including phenoxy) is 1. The second kappa shape index (κ2) is 7.40. The van der Waals surface area contributed by atoms with Crippen molar-refractivity contribution in [2.24, 2.45) is 0 Å². The van der Waals surface area contributed by atoms with Crippen LogP contribution >= 0.6 is 0 Å². The Morgan fingerprint density at radius 2 is 1.70 bits per heavy atom. The second-order valence-corrected chi connectivity index (χ2v) is 5.01. The van der Waals surface area contributed by atoms with E-state index in [1.807, 2.05) is 0 Å². The summed E-state index contributed by atoms with van der Waals surface area (Å²) in [5.74, 6) is -0.441. The minimum Gasteiger partial charge on any atom is -0.484 e. The Morgan fingerprint density at radius 3 is 2.30 bits per heavy atom. The summed E-state index contributed by atoms with van der Waals surface area (Å²) in [6.45, 7) is 2.87. The van der Waals surface area contributed by atoms with E-state index in [1.54, 1.807) is 43.3 Å². The lowest BCUT2D eigenvalue weighted by atomic mass is 10.2. The lowest BCUT2D eigenvalue weighted by molar-refractivity contribution is -0.118. The molecular formula is C17H17FN2O3. The van der Waals surface area contributed by atoms with Crippen molar-refractivity contribution in [3.05, 3.63) is 53.8 Å². The maximum absolute atomic E-state index is 13.4. The van der Waals surface area contributed by atoms with Crippen LogP contribution in [0.15, 0.2) is 42.5 Å². The van der Waals surface area contributed by atoms with Gasteiger partial charge in [-0.15, -0.1) is 0 Å². The van der Waals surface area contributed by atoms with Crippen molar-refractivity contribution in [1.82, 2.24) is 0 Å². The summed E-state index contributed by atoms with van der Waals surface area (Å²) >= 11 is 0. The molecule has 6 heteroatoms. The largest absolute Gasteiger partial charge is 0.484 e. The number of halogens is 1. The van der Waals surface area contributed by atoms with Crippen LogP contribution in [0.4, 0.5) is 15.8 Å². The molecule has 0 atom stereocenters. The summed E-state index contributed by atoms with van der Waals surface area (Å²) in [7, 11) is 0. The highest BCUT2D eigenvalue weighted by molar-refractivity contribution is 5.92. The summed E-state index contributed by atoms with van der Waals surface area (Å²) in [5.41, 5.74) is 1.53. The van der Waals surface area contributed by atoms with Gasteiger partial charge in [-0.2, -0.15) is 0 Å². The smallest absolute Gasteiger partial charge is 0.262 e. The van der Waals surface area contributed by atoms with Crippen LogP contribution in [0.2, 0.25) is 0 Å². The molecule has 2 rings (SSSR count). The molecule has 120 valence electrons. The molecule has 5 nitrogen and oxygen atoms in total. The Labute approximate surface area is 133 Å².